The van der Waals surface area contributed by atoms with Gasteiger partial charge in [-0.3, -0.25) is 10.4 Å². The second-order valence-electron chi connectivity index (χ2n) is 7.51. The molecule has 0 saturated carbocycles. The van der Waals surface area contributed by atoms with E-state index in [0.29, 0.717) is 24.0 Å². The van der Waals surface area contributed by atoms with E-state index >= 15 is 0 Å². The molecule has 3 N–H and O–H groups in total. The van der Waals surface area contributed by atoms with E-state index in [2.05, 4.69) is 27.2 Å². The number of aromatic nitrogens is 3. The molecule has 0 unspecified atom stereocenters. The summed E-state index contributed by atoms with van der Waals surface area (Å²) in [6, 6.07) is 7.37. The van der Waals surface area contributed by atoms with E-state index in [1.807, 2.05) is 36.7 Å². The number of nitrogens with one attached hydrogen (secondary N) is 1. The molecule has 3 aromatic rings. The summed E-state index contributed by atoms with van der Waals surface area (Å²) in [5.41, 5.74) is 2.80. The van der Waals surface area contributed by atoms with Gasteiger partial charge in [-0.15, -0.1) is 11.3 Å². The summed E-state index contributed by atoms with van der Waals surface area (Å²) in [7, 11) is 0. The van der Waals surface area contributed by atoms with E-state index in [-0.39, 0.29) is 0 Å². The summed E-state index contributed by atoms with van der Waals surface area (Å²) in [4.78, 5) is 16.1. The number of thiazole rings is 1. The number of hydrogen-bond acceptors (Lipinski definition) is 8. The van der Waals surface area contributed by atoms with Crippen molar-refractivity contribution in [2.24, 2.45) is 5.84 Å². The smallest absolute Gasteiger partial charge is 0.225 e. The van der Waals surface area contributed by atoms with E-state index in [1.54, 1.807) is 11.3 Å². The molecule has 0 atom stereocenters. The van der Waals surface area contributed by atoms with Crippen molar-refractivity contribution in [3.8, 4) is 5.75 Å². The lowest BCUT2D eigenvalue weighted by atomic mass is 9.98. The van der Waals surface area contributed by atoms with Gasteiger partial charge >= 0.3 is 0 Å². The van der Waals surface area contributed by atoms with E-state index in [0.717, 1.165) is 55.9 Å². The average molecular weight is 438 g/mol. The van der Waals surface area contributed by atoms with Crippen molar-refractivity contribution in [2.45, 2.75) is 38.7 Å². The topological polar surface area (TPSA) is 104 Å². The van der Waals surface area contributed by atoms with Gasteiger partial charge in [0.05, 0.1) is 16.4 Å². The van der Waals surface area contributed by atoms with Gasteiger partial charge in [-0.25, -0.2) is 20.8 Å². The molecule has 0 spiro atoms. The zero-order valence-corrected chi connectivity index (χ0v) is 18.4. The third-order valence-corrected chi connectivity index (χ3v) is 6.49. The molecule has 0 aliphatic carbocycles. The fourth-order valence-electron chi connectivity index (χ4n) is 3.56. The van der Waals surface area contributed by atoms with Crippen molar-refractivity contribution in [3.63, 3.8) is 0 Å². The van der Waals surface area contributed by atoms with Gasteiger partial charge < -0.3 is 9.64 Å². The van der Waals surface area contributed by atoms with Crippen molar-refractivity contribution in [3.05, 3.63) is 58.3 Å². The predicted molar refractivity (Wildman–Crippen MR) is 124 cm³/mol. The molecule has 2 aromatic heterocycles. The van der Waals surface area contributed by atoms with E-state index in [1.165, 1.54) is 10.0 Å². The first-order valence-electron chi connectivity index (χ1n) is 10.4. The summed E-state index contributed by atoms with van der Waals surface area (Å²) < 4.78 is 5.88. The molecule has 1 aliphatic rings. The Labute approximate surface area is 186 Å². The number of nitrogens with zero attached hydrogens (tertiary/aromatic N) is 5. The van der Waals surface area contributed by atoms with Gasteiger partial charge in [0, 0.05) is 42.8 Å². The first-order valence-corrected chi connectivity index (χ1v) is 11.3. The van der Waals surface area contributed by atoms with Crippen LogP contribution in [0.1, 0.15) is 41.9 Å². The lowest BCUT2D eigenvalue weighted by molar-refractivity contribution is 0.301. The van der Waals surface area contributed by atoms with E-state index < -0.39 is 0 Å². The molecule has 31 heavy (non-hydrogen) atoms. The predicted octanol–water partition coefficient (Wildman–Crippen LogP) is 3.75. The third kappa shape index (κ3) is 5.18. The highest BCUT2D eigenvalue weighted by Crippen LogP contribution is 2.31. The quantitative estimate of drug-likeness (QED) is 0.239. The molecule has 0 radical (unpaired) electrons. The number of ether oxygens (including phenoxy) is 1. The van der Waals surface area contributed by atoms with Crippen molar-refractivity contribution in [2.75, 3.05) is 23.0 Å². The van der Waals surface area contributed by atoms with Gasteiger partial charge in [0.1, 0.15) is 18.7 Å². The molecule has 1 saturated heterocycles. The number of rotatable bonds is 8. The Balaban J connectivity index is 1.30. The highest BCUT2D eigenvalue weighted by atomic mass is 32.1. The van der Waals surface area contributed by atoms with Crippen LogP contribution in [0.2, 0.25) is 0 Å². The van der Waals surface area contributed by atoms with Crippen LogP contribution in [-0.4, -0.2) is 34.4 Å². The summed E-state index contributed by atoms with van der Waals surface area (Å²) >= 11 is 1.71. The summed E-state index contributed by atoms with van der Waals surface area (Å²) in [6.07, 6.45) is 7.96. The molecule has 162 valence electrons. The first kappa shape index (κ1) is 21.2. The largest absolute Gasteiger partial charge is 0.487 e. The fraction of sp³-hybridized carbons (Fsp3) is 0.364. The van der Waals surface area contributed by atoms with Crippen LogP contribution in [0.3, 0.4) is 0 Å². The van der Waals surface area contributed by atoms with E-state index in [4.69, 9.17) is 21.0 Å². The molecule has 1 aromatic carbocycles. The Kier molecular flexibility index (Phi) is 6.73. The van der Waals surface area contributed by atoms with Gasteiger partial charge in [0.2, 0.25) is 5.95 Å². The van der Waals surface area contributed by atoms with Crippen LogP contribution in [0.5, 0.6) is 5.75 Å². The summed E-state index contributed by atoms with van der Waals surface area (Å²) in [5.74, 6) is 7.72. The zero-order valence-electron chi connectivity index (χ0n) is 17.6. The molecule has 3 heterocycles. The molecule has 0 amide bonds. The van der Waals surface area contributed by atoms with Crippen LogP contribution in [-0.2, 0) is 13.0 Å². The lowest BCUT2D eigenvalue weighted by Gasteiger charge is -2.31. The second kappa shape index (κ2) is 9.84. The molecule has 8 nitrogen and oxygen atoms in total. The maximum atomic E-state index is 7.25. The van der Waals surface area contributed by atoms with E-state index in [9.17, 15) is 0 Å². The fourth-order valence-corrected chi connectivity index (χ4v) is 4.54. The number of hydrazine groups is 1. The molecule has 4 rings (SSSR count). The Hall–Kier alpha value is -3.04. The van der Waals surface area contributed by atoms with Gasteiger partial charge in [0.15, 0.2) is 0 Å². The second-order valence-corrected chi connectivity index (χ2v) is 8.40. The van der Waals surface area contributed by atoms with Crippen molar-refractivity contribution >= 4 is 29.3 Å². The maximum Gasteiger partial charge on any atom is 0.225 e. The third-order valence-electron chi connectivity index (χ3n) is 5.44. The average Bonchev–Trinajstić information content (AvgIpc) is 3.32. The van der Waals surface area contributed by atoms with Crippen LogP contribution in [0, 0.1) is 5.41 Å². The van der Waals surface area contributed by atoms with Crippen LogP contribution in [0.4, 0.5) is 11.6 Å². The van der Waals surface area contributed by atoms with Crippen molar-refractivity contribution in [1.82, 2.24) is 15.0 Å². The molecular formula is C22H27N7OS. The first-order chi connectivity index (χ1) is 15.2. The number of piperidine rings is 1. The van der Waals surface area contributed by atoms with Gasteiger partial charge in [0.25, 0.3) is 0 Å². The summed E-state index contributed by atoms with van der Waals surface area (Å²) in [5, 5.41) is 11.7. The SMILES string of the molecule is CCc1cnc(N2CCC(c3nc(COc4cccc(N(N)C=N)c4)cs3)CC2)nc1. The van der Waals surface area contributed by atoms with Gasteiger partial charge in [-0.05, 0) is 37.0 Å². The number of aryl methyl sites for hydroxylation is 1. The number of benzene rings is 1. The van der Waals surface area contributed by atoms with Crippen molar-refractivity contribution in [1.29, 1.82) is 5.41 Å². The minimum Gasteiger partial charge on any atom is -0.487 e. The van der Waals surface area contributed by atoms with Crippen LogP contribution < -0.4 is 20.5 Å². The Morgan fingerprint density at radius 2 is 2.06 bits per heavy atom. The molecular weight excluding hydrogens is 410 g/mol. The normalized spacial score (nSPS) is 14.5. The van der Waals surface area contributed by atoms with Crippen LogP contribution in [0.25, 0.3) is 0 Å². The lowest BCUT2D eigenvalue weighted by Crippen LogP contribution is -2.34. The number of anilines is 2. The Morgan fingerprint density at radius 1 is 1.29 bits per heavy atom. The minimum atomic E-state index is 0.408. The molecule has 1 fully saturated rings. The van der Waals surface area contributed by atoms with Crippen LogP contribution >= 0.6 is 11.3 Å². The van der Waals surface area contributed by atoms with Crippen molar-refractivity contribution < 1.29 is 4.74 Å². The number of nitrogens with two attached hydrogens (primary N) is 1. The van der Waals surface area contributed by atoms with Gasteiger partial charge in [-0.1, -0.05) is 13.0 Å². The number of hydrogen-bond donors (Lipinski definition) is 2. The Morgan fingerprint density at radius 3 is 2.77 bits per heavy atom. The monoisotopic (exact) mass is 437 g/mol. The minimum absolute atomic E-state index is 0.408. The molecule has 0 bridgehead atoms. The molecule has 9 heteroatoms. The maximum absolute atomic E-state index is 7.25. The summed E-state index contributed by atoms with van der Waals surface area (Å²) in [6.45, 7) is 4.40. The Bertz CT molecular complexity index is 999. The molecule has 1 aliphatic heterocycles. The standard InChI is InChI=1S/C22H27N7OS/c1-2-16-11-25-22(26-12-16)28-8-6-17(7-9-28)21-27-18(14-31-21)13-30-20-5-3-4-19(10-20)29(24)15-23/h3-5,10-12,14-15,17,23H,2,6-9,13,24H2,1H3. The zero-order chi connectivity index (χ0) is 21.6. The highest BCUT2D eigenvalue weighted by Gasteiger charge is 2.24. The van der Waals surface area contributed by atoms with Crippen LogP contribution in [0.15, 0.2) is 42.0 Å². The van der Waals surface area contributed by atoms with Gasteiger partial charge in [-0.2, -0.15) is 0 Å². The highest BCUT2D eigenvalue weighted by molar-refractivity contribution is 7.09.